The first kappa shape index (κ1) is 19.8. The number of nitrogens with zero attached hydrogens (tertiary/aromatic N) is 4. The Bertz CT molecular complexity index is 1340. The molecule has 0 aliphatic heterocycles. The molecule has 0 spiro atoms. The van der Waals surface area contributed by atoms with Gasteiger partial charge >= 0.3 is 0 Å². The molecule has 3 heterocycles. The number of aromatic nitrogens is 4. The van der Waals surface area contributed by atoms with E-state index in [1.165, 1.54) is 18.5 Å². The largest absolute Gasteiger partial charge is 0.382 e. The molecule has 0 radical (unpaired) electrons. The first-order chi connectivity index (χ1) is 14.7. The maximum Gasteiger partial charge on any atom is 0.184 e. The lowest BCUT2D eigenvalue weighted by atomic mass is 9.96. The number of carbonyl (C=O) groups excluding carboxylic acids is 1. The first-order valence-electron chi connectivity index (χ1n) is 9.78. The molecule has 156 valence electrons. The highest BCUT2D eigenvalue weighted by atomic mass is 35.5. The maximum absolute atomic E-state index is 14.9. The van der Waals surface area contributed by atoms with Crippen molar-refractivity contribution in [3.8, 4) is 11.1 Å². The van der Waals surface area contributed by atoms with Crippen molar-refractivity contribution in [1.82, 2.24) is 19.4 Å². The normalized spacial score (nSPS) is 16.2. The smallest absolute Gasteiger partial charge is 0.184 e. The van der Waals surface area contributed by atoms with Crippen LogP contribution in [-0.4, -0.2) is 30.2 Å². The summed E-state index contributed by atoms with van der Waals surface area (Å²) in [4.78, 5) is 25.4. The van der Waals surface area contributed by atoms with Crippen LogP contribution in [0.1, 0.15) is 53.8 Å². The molecule has 31 heavy (non-hydrogen) atoms. The second kappa shape index (κ2) is 6.93. The number of hydrogen-bond acceptors (Lipinski definition) is 5. The summed E-state index contributed by atoms with van der Waals surface area (Å²) in [5.41, 5.74) is 1.75. The molecule has 0 saturated heterocycles. The molecule has 1 aliphatic carbocycles. The number of Topliss-reactive ketones (excluding diaryl/α,β-unsaturated/α-hetero) is 1. The van der Waals surface area contributed by atoms with Crippen LogP contribution in [0.25, 0.3) is 16.8 Å². The zero-order valence-corrected chi connectivity index (χ0v) is 17.6. The molecule has 6 nitrogen and oxygen atoms in total. The molecule has 0 saturated carbocycles. The second-order valence-corrected chi connectivity index (χ2v) is 8.57. The zero-order chi connectivity index (χ0) is 21.9. The summed E-state index contributed by atoms with van der Waals surface area (Å²) in [7, 11) is 0. The van der Waals surface area contributed by atoms with E-state index in [-0.39, 0.29) is 29.5 Å². The number of halogens is 2. The minimum Gasteiger partial charge on any atom is -0.382 e. The lowest BCUT2D eigenvalue weighted by Gasteiger charge is -2.16. The summed E-state index contributed by atoms with van der Waals surface area (Å²) in [6.45, 7) is 3.16. The fraction of sp³-hybridized carbons (Fsp3) is 0.217. The van der Waals surface area contributed by atoms with Crippen molar-refractivity contribution in [2.24, 2.45) is 0 Å². The van der Waals surface area contributed by atoms with Gasteiger partial charge in [-0.25, -0.2) is 19.3 Å². The number of ketones is 1. The maximum atomic E-state index is 14.9. The molecule has 1 N–H and O–H groups in total. The van der Waals surface area contributed by atoms with E-state index in [4.69, 9.17) is 11.6 Å². The first-order valence-corrected chi connectivity index (χ1v) is 10.2. The standard InChI is InChI=1S/C23H18ClFN4O2/c1-23(2,31)22-26-9-12(10-27-22)15-11-29-19(8-17(15)25)28-20-18(30)7-14(21(20)29)13-5-3-4-6-16(13)24/h3-6,8-11,14,31H,7H2,1-2H3. The molecule has 4 aromatic rings. The summed E-state index contributed by atoms with van der Waals surface area (Å²) in [5, 5.41) is 10.6. The van der Waals surface area contributed by atoms with Crippen molar-refractivity contribution >= 4 is 23.0 Å². The van der Waals surface area contributed by atoms with Crippen LogP contribution in [-0.2, 0) is 5.60 Å². The van der Waals surface area contributed by atoms with Gasteiger partial charge in [0.15, 0.2) is 11.6 Å². The topological polar surface area (TPSA) is 80.4 Å². The molecule has 1 aromatic carbocycles. The Morgan fingerprint density at radius 3 is 2.61 bits per heavy atom. The number of benzene rings is 1. The van der Waals surface area contributed by atoms with E-state index < -0.39 is 11.4 Å². The van der Waals surface area contributed by atoms with Crippen LogP contribution in [0.2, 0.25) is 5.02 Å². The van der Waals surface area contributed by atoms with Crippen LogP contribution in [0, 0.1) is 5.82 Å². The van der Waals surface area contributed by atoms with Crippen LogP contribution in [0.15, 0.2) is 48.9 Å². The number of carbonyl (C=O) groups is 1. The average molecular weight is 437 g/mol. The van der Waals surface area contributed by atoms with Crippen molar-refractivity contribution < 1.29 is 14.3 Å². The number of imidazole rings is 1. The van der Waals surface area contributed by atoms with Gasteiger partial charge in [-0.2, -0.15) is 0 Å². The third kappa shape index (κ3) is 3.21. The second-order valence-electron chi connectivity index (χ2n) is 8.16. The van der Waals surface area contributed by atoms with Gasteiger partial charge in [-0.3, -0.25) is 4.79 Å². The van der Waals surface area contributed by atoms with Gasteiger partial charge in [-0.05, 0) is 25.5 Å². The summed E-state index contributed by atoms with van der Waals surface area (Å²) in [5.74, 6) is -0.620. The van der Waals surface area contributed by atoms with Gasteiger partial charge in [0.1, 0.15) is 22.8 Å². The number of pyridine rings is 1. The lowest BCUT2D eigenvalue weighted by molar-refractivity contribution is 0.0687. The quantitative estimate of drug-likeness (QED) is 0.510. The number of aliphatic hydroxyl groups is 1. The Kier molecular flexibility index (Phi) is 4.42. The predicted octanol–water partition coefficient (Wildman–Crippen LogP) is 4.53. The van der Waals surface area contributed by atoms with Crippen LogP contribution < -0.4 is 0 Å². The van der Waals surface area contributed by atoms with E-state index in [1.54, 1.807) is 30.5 Å². The highest BCUT2D eigenvalue weighted by Crippen LogP contribution is 2.41. The van der Waals surface area contributed by atoms with Crippen molar-refractivity contribution in [3.05, 3.63) is 82.5 Å². The van der Waals surface area contributed by atoms with Gasteiger partial charge in [0.05, 0.1) is 5.69 Å². The summed E-state index contributed by atoms with van der Waals surface area (Å²) >= 11 is 6.40. The molecule has 1 atom stereocenters. The molecule has 8 heteroatoms. The third-order valence-corrected chi connectivity index (χ3v) is 5.87. The van der Waals surface area contributed by atoms with Crippen LogP contribution in [0.3, 0.4) is 0 Å². The van der Waals surface area contributed by atoms with E-state index in [0.717, 1.165) is 5.56 Å². The molecule has 1 aliphatic rings. The lowest BCUT2D eigenvalue weighted by Crippen LogP contribution is -2.19. The summed E-state index contributed by atoms with van der Waals surface area (Å²) in [6.07, 6.45) is 4.82. The van der Waals surface area contributed by atoms with Gasteiger partial charge in [0.25, 0.3) is 0 Å². The SMILES string of the molecule is CC(C)(O)c1ncc(-c2cn3c4c(nc3cc2F)C(=O)CC4c2ccccc2Cl)cn1. The molecular formula is C23H18ClFN4O2. The summed E-state index contributed by atoms with van der Waals surface area (Å²) in [6, 6.07) is 8.69. The van der Waals surface area contributed by atoms with E-state index in [2.05, 4.69) is 15.0 Å². The molecule has 1 unspecified atom stereocenters. The van der Waals surface area contributed by atoms with Gasteiger partial charge in [0.2, 0.25) is 0 Å². The minimum absolute atomic E-state index is 0.0940. The van der Waals surface area contributed by atoms with Crippen LogP contribution in [0.5, 0.6) is 0 Å². The van der Waals surface area contributed by atoms with E-state index in [0.29, 0.717) is 27.6 Å². The molecular weight excluding hydrogens is 419 g/mol. The fourth-order valence-corrected chi connectivity index (χ4v) is 4.28. The van der Waals surface area contributed by atoms with Crippen LogP contribution in [0.4, 0.5) is 4.39 Å². The van der Waals surface area contributed by atoms with Gasteiger partial charge < -0.3 is 9.51 Å². The van der Waals surface area contributed by atoms with E-state index >= 15 is 0 Å². The molecule has 3 aromatic heterocycles. The third-order valence-electron chi connectivity index (χ3n) is 5.52. The van der Waals surface area contributed by atoms with E-state index in [9.17, 15) is 14.3 Å². The Morgan fingerprint density at radius 2 is 1.94 bits per heavy atom. The van der Waals surface area contributed by atoms with Crippen molar-refractivity contribution in [2.45, 2.75) is 31.8 Å². The highest BCUT2D eigenvalue weighted by Gasteiger charge is 2.36. The minimum atomic E-state index is -1.20. The highest BCUT2D eigenvalue weighted by molar-refractivity contribution is 6.31. The average Bonchev–Trinajstić information content (AvgIpc) is 3.24. The monoisotopic (exact) mass is 436 g/mol. The Morgan fingerprint density at radius 1 is 1.23 bits per heavy atom. The number of fused-ring (bicyclic) bond motifs is 3. The van der Waals surface area contributed by atoms with Crippen LogP contribution >= 0.6 is 11.6 Å². The van der Waals surface area contributed by atoms with Gasteiger partial charge in [0, 0.05) is 53.1 Å². The van der Waals surface area contributed by atoms with E-state index in [1.807, 2.05) is 18.2 Å². The fourth-order valence-electron chi connectivity index (χ4n) is 4.01. The molecule has 0 amide bonds. The molecule has 0 fully saturated rings. The Hall–Kier alpha value is -3.16. The summed E-state index contributed by atoms with van der Waals surface area (Å²) < 4.78 is 16.7. The Balaban J connectivity index is 1.67. The molecule has 0 bridgehead atoms. The van der Waals surface area contributed by atoms with Crippen molar-refractivity contribution in [1.29, 1.82) is 0 Å². The van der Waals surface area contributed by atoms with Gasteiger partial charge in [-0.1, -0.05) is 29.8 Å². The van der Waals surface area contributed by atoms with Gasteiger partial charge in [-0.15, -0.1) is 0 Å². The predicted molar refractivity (Wildman–Crippen MR) is 114 cm³/mol. The van der Waals surface area contributed by atoms with Crippen molar-refractivity contribution in [2.75, 3.05) is 0 Å². The number of hydrogen-bond donors (Lipinski definition) is 1. The van der Waals surface area contributed by atoms with Crippen molar-refractivity contribution in [3.63, 3.8) is 0 Å². The molecule has 5 rings (SSSR count). The number of rotatable bonds is 3. The zero-order valence-electron chi connectivity index (χ0n) is 16.8. The Labute approximate surface area is 182 Å².